The Balaban J connectivity index is 1.38. The van der Waals surface area contributed by atoms with E-state index in [1.807, 2.05) is 17.2 Å². The Kier molecular flexibility index (Phi) is 6.39. The molecule has 9 nitrogen and oxygen atoms in total. The summed E-state index contributed by atoms with van der Waals surface area (Å²) >= 11 is 0. The minimum atomic E-state index is -0.431. The van der Waals surface area contributed by atoms with Crippen LogP contribution < -0.4 is 5.32 Å². The number of likely N-dealkylation sites (tertiary alicyclic amines) is 2. The minimum Gasteiger partial charge on any atom is -0.465 e. The van der Waals surface area contributed by atoms with E-state index in [2.05, 4.69) is 16.5 Å². The highest BCUT2D eigenvalue weighted by Crippen LogP contribution is 2.29. The molecule has 0 spiro atoms. The van der Waals surface area contributed by atoms with E-state index < -0.39 is 5.97 Å². The smallest absolute Gasteiger partial charge is 0.325 e. The number of fused-ring (bicyclic) bond motifs is 1. The third-order valence-electron chi connectivity index (χ3n) is 6.11. The molecule has 4 heterocycles. The van der Waals surface area contributed by atoms with Crippen molar-refractivity contribution in [2.24, 2.45) is 0 Å². The van der Waals surface area contributed by atoms with Gasteiger partial charge in [-0.25, -0.2) is 9.31 Å². The molecule has 2 aromatic heterocycles. The molecule has 0 saturated carbocycles. The summed E-state index contributed by atoms with van der Waals surface area (Å²) in [4.78, 5) is 40.2. The second-order valence-corrected chi connectivity index (χ2v) is 8.07. The predicted molar refractivity (Wildman–Crippen MR) is 114 cm³/mol. The number of urea groups is 1. The number of carbonyl (C=O) groups excluding carboxylic acids is 3. The van der Waals surface area contributed by atoms with Gasteiger partial charge in [-0.2, -0.15) is 5.10 Å². The molecule has 2 aliphatic heterocycles. The number of aromatic nitrogens is 2. The van der Waals surface area contributed by atoms with E-state index >= 15 is 0 Å². The van der Waals surface area contributed by atoms with Gasteiger partial charge in [-0.3, -0.25) is 9.59 Å². The molecule has 0 aromatic carbocycles. The van der Waals surface area contributed by atoms with Crippen LogP contribution in [0.2, 0.25) is 0 Å². The minimum absolute atomic E-state index is 0.0535. The van der Waals surface area contributed by atoms with Gasteiger partial charge in [0.25, 0.3) is 5.91 Å². The molecule has 0 atom stereocenters. The van der Waals surface area contributed by atoms with Crippen molar-refractivity contribution in [3.63, 3.8) is 0 Å². The maximum atomic E-state index is 12.9. The van der Waals surface area contributed by atoms with Crippen LogP contribution in [0.3, 0.4) is 0 Å². The molecule has 0 unspecified atom stereocenters. The fourth-order valence-electron chi connectivity index (χ4n) is 4.39. The van der Waals surface area contributed by atoms with E-state index in [9.17, 15) is 14.4 Å². The highest BCUT2D eigenvalue weighted by molar-refractivity contribution is 6.00. The fraction of sp³-hybridized carbons (Fsp3) is 0.545. The lowest BCUT2D eigenvalue weighted by molar-refractivity contribution is -0.141. The van der Waals surface area contributed by atoms with Crippen molar-refractivity contribution >= 4 is 23.4 Å². The number of nitrogens with zero attached hydrogens (tertiary/aromatic N) is 4. The summed E-state index contributed by atoms with van der Waals surface area (Å²) in [5.74, 6) is -0.0689. The first-order valence-corrected chi connectivity index (χ1v) is 11.0. The number of ether oxygens (including phenoxy) is 1. The van der Waals surface area contributed by atoms with Gasteiger partial charge in [-0.05, 0) is 56.2 Å². The number of piperidine rings is 1. The van der Waals surface area contributed by atoms with E-state index in [4.69, 9.17) is 4.74 Å². The van der Waals surface area contributed by atoms with E-state index in [0.717, 1.165) is 49.9 Å². The zero-order valence-corrected chi connectivity index (χ0v) is 17.9. The van der Waals surface area contributed by atoms with E-state index in [-0.39, 0.29) is 18.5 Å². The fourth-order valence-corrected chi connectivity index (χ4v) is 4.39. The number of hydrogen-bond acceptors (Lipinski definition) is 5. The Labute approximate surface area is 181 Å². The summed E-state index contributed by atoms with van der Waals surface area (Å²) in [6, 6.07) is 3.87. The number of rotatable bonds is 5. The summed E-state index contributed by atoms with van der Waals surface area (Å²) in [6.07, 6.45) is 7.34. The van der Waals surface area contributed by atoms with Crippen LogP contribution in [0.25, 0.3) is 5.52 Å². The van der Waals surface area contributed by atoms with Crippen molar-refractivity contribution < 1.29 is 19.1 Å². The van der Waals surface area contributed by atoms with Crippen molar-refractivity contribution in [3.8, 4) is 0 Å². The first-order chi connectivity index (χ1) is 15.1. The second-order valence-electron chi connectivity index (χ2n) is 8.07. The lowest BCUT2D eigenvalue weighted by atomic mass is 9.89. The Morgan fingerprint density at radius 1 is 1.13 bits per heavy atom. The third-order valence-corrected chi connectivity index (χ3v) is 6.11. The SMILES string of the molecule is CCOC(=O)CNC(=O)N1CCC(c2ccn3ncc(C(=O)N4CCCC4)c3c2)CC1. The molecule has 31 heavy (non-hydrogen) atoms. The van der Waals surface area contributed by atoms with Gasteiger partial charge in [0.1, 0.15) is 6.54 Å². The van der Waals surface area contributed by atoms with Crippen LogP contribution in [-0.2, 0) is 9.53 Å². The van der Waals surface area contributed by atoms with Gasteiger partial charge in [-0.1, -0.05) is 0 Å². The van der Waals surface area contributed by atoms with Crippen LogP contribution >= 0.6 is 0 Å². The van der Waals surface area contributed by atoms with Gasteiger partial charge in [0, 0.05) is 32.4 Å². The van der Waals surface area contributed by atoms with E-state index in [0.29, 0.717) is 31.2 Å². The average Bonchev–Trinajstić information content (AvgIpc) is 3.47. The number of nitrogens with one attached hydrogen (secondary N) is 1. The lowest BCUT2D eigenvalue weighted by Gasteiger charge is -2.32. The van der Waals surface area contributed by atoms with Crippen LogP contribution in [0.15, 0.2) is 24.5 Å². The predicted octanol–water partition coefficient (Wildman–Crippen LogP) is 2.02. The Hall–Kier alpha value is -3.10. The summed E-state index contributed by atoms with van der Waals surface area (Å²) in [5, 5.41) is 6.97. The number of pyridine rings is 1. The standard InChI is InChI=1S/C22H29N5O4/c1-2-31-20(28)15-23-22(30)26-10-5-16(6-11-26)17-7-12-27-19(13-17)18(14-24-27)21(29)25-8-3-4-9-25/h7,12-14,16H,2-6,8-11,15H2,1H3,(H,23,30). The van der Waals surface area contributed by atoms with E-state index in [1.54, 1.807) is 22.5 Å². The highest BCUT2D eigenvalue weighted by Gasteiger charge is 2.26. The van der Waals surface area contributed by atoms with Crippen molar-refractivity contribution in [1.29, 1.82) is 0 Å². The number of carbonyl (C=O) groups is 3. The second kappa shape index (κ2) is 9.36. The van der Waals surface area contributed by atoms with Crippen LogP contribution in [-0.4, -0.2) is 76.7 Å². The molecule has 0 radical (unpaired) electrons. The first kappa shape index (κ1) is 21.1. The topological polar surface area (TPSA) is 96.2 Å². The average molecular weight is 428 g/mol. The summed E-state index contributed by atoms with van der Waals surface area (Å²) in [6.45, 7) is 4.77. The van der Waals surface area contributed by atoms with Gasteiger partial charge >= 0.3 is 12.0 Å². The molecule has 2 fully saturated rings. The van der Waals surface area contributed by atoms with Crippen molar-refractivity contribution in [3.05, 3.63) is 35.7 Å². The molecular weight excluding hydrogens is 398 g/mol. The zero-order valence-electron chi connectivity index (χ0n) is 17.9. The maximum Gasteiger partial charge on any atom is 0.325 e. The Morgan fingerprint density at radius 3 is 2.58 bits per heavy atom. The lowest BCUT2D eigenvalue weighted by Crippen LogP contribution is -2.45. The zero-order chi connectivity index (χ0) is 21.8. The third kappa shape index (κ3) is 4.65. The van der Waals surface area contributed by atoms with E-state index in [1.165, 1.54) is 0 Å². The van der Waals surface area contributed by atoms with Crippen molar-refractivity contribution in [2.75, 3.05) is 39.3 Å². The van der Waals surface area contributed by atoms with Crippen LogP contribution in [0.1, 0.15) is 54.4 Å². The van der Waals surface area contributed by atoms with Gasteiger partial charge in [0.05, 0.1) is 23.9 Å². The molecule has 2 saturated heterocycles. The molecule has 0 aliphatic carbocycles. The normalized spacial score (nSPS) is 17.2. The molecule has 9 heteroatoms. The summed E-state index contributed by atoms with van der Waals surface area (Å²) < 4.78 is 6.59. The quantitative estimate of drug-likeness (QED) is 0.737. The molecule has 0 bridgehead atoms. The molecule has 4 rings (SSSR count). The molecule has 2 aromatic rings. The number of amides is 3. The van der Waals surface area contributed by atoms with Crippen LogP contribution in [0.4, 0.5) is 4.79 Å². The molecule has 3 amide bonds. The van der Waals surface area contributed by atoms with Crippen LogP contribution in [0.5, 0.6) is 0 Å². The summed E-state index contributed by atoms with van der Waals surface area (Å²) in [5.41, 5.74) is 2.65. The largest absolute Gasteiger partial charge is 0.465 e. The van der Waals surface area contributed by atoms with Crippen molar-refractivity contribution in [2.45, 2.75) is 38.5 Å². The molecule has 166 valence electrons. The van der Waals surface area contributed by atoms with Crippen molar-refractivity contribution in [1.82, 2.24) is 24.7 Å². The first-order valence-electron chi connectivity index (χ1n) is 11.0. The Morgan fingerprint density at radius 2 is 1.87 bits per heavy atom. The van der Waals surface area contributed by atoms with Gasteiger partial charge in [0.15, 0.2) is 0 Å². The van der Waals surface area contributed by atoms with Gasteiger partial charge < -0.3 is 19.9 Å². The highest BCUT2D eigenvalue weighted by atomic mass is 16.5. The van der Waals surface area contributed by atoms with Crippen LogP contribution in [0, 0.1) is 0 Å². The number of hydrogen-bond donors (Lipinski definition) is 1. The maximum absolute atomic E-state index is 12.9. The molecule has 2 aliphatic rings. The van der Waals surface area contributed by atoms with Gasteiger partial charge in [-0.15, -0.1) is 0 Å². The Bertz CT molecular complexity index is 958. The number of esters is 1. The summed E-state index contributed by atoms with van der Waals surface area (Å²) in [7, 11) is 0. The van der Waals surface area contributed by atoms with Gasteiger partial charge in [0.2, 0.25) is 0 Å². The molecule has 1 N–H and O–H groups in total. The molecular formula is C22H29N5O4. The monoisotopic (exact) mass is 427 g/mol.